The molecule has 29 heavy (non-hydrogen) atoms. The van der Waals surface area contributed by atoms with Crippen LogP contribution in [0.2, 0.25) is 0 Å². The first-order valence-corrected chi connectivity index (χ1v) is 13.8. The number of unbranched alkanes of at least 4 members (excludes halogenated alkanes) is 4. The summed E-state index contributed by atoms with van der Waals surface area (Å²) in [5.74, 6) is 3.37. The van der Waals surface area contributed by atoms with Crippen molar-refractivity contribution in [1.29, 1.82) is 0 Å². The molecule has 0 saturated heterocycles. The highest BCUT2D eigenvalue weighted by atomic mass is 32.1. The molecule has 0 N–H and O–H groups in total. The highest BCUT2D eigenvalue weighted by molar-refractivity contribution is 7.81. The van der Waals surface area contributed by atoms with Gasteiger partial charge in [-0.25, -0.2) is 0 Å². The van der Waals surface area contributed by atoms with E-state index in [4.69, 9.17) is 0 Å². The van der Waals surface area contributed by atoms with Crippen LogP contribution in [-0.4, -0.2) is 5.25 Å². The Morgan fingerprint density at radius 3 is 1.90 bits per heavy atom. The van der Waals surface area contributed by atoms with E-state index in [1.54, 1.807) is 0 Å². The number of rotatable bonds is 11. The Labute approximate surface area is 193 Å². The van der Waals surface area contributed by atoms with Crippen LogP contribution >= 0.6 is 12.6 Å². The summed E-state index contributed by atoms with van der Waals surface area (Å²) < 4.78 is 0. The van der Waals surface area contributed by atoms with Crippen molar-refractivity contribution in [3.8, 4) is 0 Å². The van der Waals surface area contributed by atoms with Gasteiger partial charge in [0.2, 0.25) is 0 Å². The summed E-state index contributed by atoms with van der Waals surface area (Å²) >= 11 is 4.66. The first kappa shape index (κ1) is 33.7. The Bertz CT molecular complexity index is 295. The van der Waals surface area contributed by atoms with Crippen molar-refractivity contribution >= 4 is 12.6 Å². The van der Waals surface area contributed by atoms with Gasteiger partial charge in [0.15, 0.2) is 0 Å². The summed E-state index contributed by atoms with van der Waals surface area (Å²) in [6.07, 6.45) is 18.8. The molecule has 0 amide bonds. The minimum Gasteiger partial charge on any atom is -0.176 e. The van der Waals surface area contributed by atoms with Gasteiger partial charge in [0.1, 0.15) is 0 Å². The molecule has 1 saturated carbocycles. The summed E-state index contributed by atoms with van der Waals surface area (Å²) in [6, 6.07) is 0. The zero-order valence-corrected chi connectivity index (χ0v) is 23.0. The lowest BCUT2D eigenvalue weighted by Crippen LogP contribution is -2.23. The van der Waals surface area contributed by atoms with Crippen molar-refractivity contribution in [2.45, 2.75) is 145 Å². The van der Waals surface area contributed by atoms with E-state index in [1.165, 1.54) is 77.0 Å². The monoisotopic (exact) mass is 428 g/mol. The van der Waals surface area contributed by atoms with E-state index in [0.29, 0.717) is 11.2 Å². The molecule has 0 aromatic carbocycles. The molecule has 178 valence electrons. The van der Waals surface area contributed by atoms with Crippen LogP contribution in [0.3, 0.4) is 0 Å². The van der Waals surface area contributed by atoms with E-state index < -0.39 is 0 Å². The SMILES string of the molecule is C=CC(C)CCC(C)CCC1CCC(S)C(C)C1.CC.CC.CCCCCCC. The maximum atomic E-state index is 4.66. The highest BCUT2D eigenvalue weighted by Gasteiger charge is 2.25. The Morgan fingerprint density at radius 2 is 1.45 bits per heavy atom. The zero-order valence-electron chi connectivity index (χ0n) is 22.1. The van der Waals surface area contributed by atoms with Gasteiger partial charge in [0.05, 0.1) is 0 Å². The van der Waals surface area contributed by atoms with Gasteiger partial charge < -0.3 is 0 Å². The molecule has 0 nitrogen and oxygen atoms in total. The fourth-order valence-corrected chi connectivity index (χ4v) is 4.03. The minimum atomic E-state index is 0.659. The third-order valence-corrected chi connectivity index (χ3v) is 6.79. The van der Waals surface area contributed by atoms with Crippen molar-refractivity contribution < 1.29 is 0 Å². The van der Waals surface area contributed by atoms with Gasteiger partial charge in [-0.3, -0.25) is 0 Å². The van der Waals surface area contributed by atoms with Crippen LogP contribution in [0.4, 0.5) is 0 Å². The Kier molecular flexibility index (Phi) is 30.4. The number of allylic oxidation sites excluding steroid dienone is 1. The van der Waals surface area contributed by atoms with Gasteiger partial charge in [-0.2, -0.15) is 12.6 Å². The van der Waals surface area contributed by atoms with Crippen LogP contribution < -0.4 is 0 Å². The summed E-state index contributed by atoms with van der Waals surface area (Å²) in [5.41, 5.74) is 0. The van der Waals surface area contributed by atoms with Crippen LogP contribution in [0.5, 0.6) is 0 Å². The van der Waals surface area contributed by atoms with Crippen molar-refractivity contribution in [2.24, 2.45) is 23.7 Å². The van der Waals surface area contributed by atoms with E-state index in [-0.39, 0.29) is 0 Å². The normalized spacial score (nSPS) is 22.5. The molecule has 0 spiro atoms. The lowest BCUT2D eigenvalue weighted by atomic mass is 9.78. The summed E-state index contributed by atoms with van der Waals surface area (Å²) in [4.78, 5) is 0. The lowest BCUT2D eigenvalue weighted by molar-refractivity contribution is 0.259. The van der Waals surface area contributed by atoms with Crippen LogP contribution in [0.15, 0.2) is 12.7 Å². The predicted octanol–water partition coefficient (Wildman–Crippen LogP) is 10.8. The van der Waals surface area contributed by atoms with Gasteiger partial charge in [-0.1, -0.05) is 120 Å². The first-order chi connectivity index (χ1) is 13.9. The molecule has 0 bridgehead atoms. The first-order valence-electron chi connectivity index (χ1n) is 13.2. The van der Waals surface area contributed by atoms with Gasteiger partial charge in [-0.15, -0.1) is 6.58 Å². The molecule has 5 atom stereocenters. The zero-order chi connectivity index (χ0) is 23.1. The van der Waals surface area contributed by atoms with Gasteiger partial charge in [0.25, 0.3) is 0 Å². The second-order valence-corrected chi connectivity index (χ2v) is 9.42. The number of hydrogen-bond donors (Lipinski definition) is 1. The van der Waals surface area contributed by atoms with Crippen LogP contribution in [0.25, 0.3) is 0 Å². The van der Waals surface area contributed by atoms with Gasteiger partial charge in [-0.05, 0) is 49.4 Å². The van der Waals surface area contributed by atoms with Crippen molar-refractivity contribution in [3.63, 3.8) is 0 Å². The summed E-state index contributed by atoms with van der Waals surface area (Å²) in [7, 11) is 0. The van der Waals surface area contributed by atoms with Gasteiger partial charge >= 0.3 is 0 Å². The second kappa shape index (κ2) is 26.1. The maximum Gasteiger partial charge on any atom is 0.00426 e. The van der Waals surface area contributed by atoms with E-state index in [2.05, 4.69) is 59.9 Å². The molecule has 0 aromatic heterocycles. The van der Waals surface area contributed by atoms with E-state index in [9.17, 15) is 0 Å². The van der Waals surface area contributed by atoms with Crippen LogP contribution in [0, 0.1) is 23.7 Å². The van der Waals surface area contributed by atoms with Crippen LogP contribution in [-0.2, 0) is 0 Å². The standard InChI is InChI=1S/C17H32S.C7H16.2C2H6/c1-5-13(2)6-7-14(3)8-9-16-10-11-17(18)15(4)12-16;1-3-5-7-6-4-2;2*1-2/h5,13-18H,1,6-12H2,2-4H3;3-7H2,1-2H3;2*1-2H3. The Morgan fingerprint density at radius 1 is 0.897 bits per heavy atom. The van der Waals surface area contributed by atoms with E-state index in [1.807, 2.05) is 27.7 Å². The van der Waals surface area contributed by atoms with Crippen LogP contribution in [0.1, 0.15) is 139 Å². The lowest BCUT2D eigenvalue weighted by Gasteiger charge is -2.32. The predicted molar refractivity (Wildman–Crippen MR) is 143 cm³/mol. The van der Waals surface area contributed by atoms with E-state index in [0.717, 1.165) is 17.8 Å². The largest absolute Gasteiger partial charge is 0.176 e. The Balaban J connectivity index is -0.000000516. The third-order valence-electron chi connectivity index (χ3n) is 6.02. The number of thiol groups is 1. The van der Waals surface area contributed by atoms with Crippen molar-refractivity contribution in [2.75, 3.05) is 0 Å². The average molecular weight is 429 g/mol. The molecular weight excluding hydrogens is 368 g/mol. The molecule has 0 aliphatic heterocycles. The molecular formula is C28H60S. The molecule has 1 fully saturated rings. The average Bonchev–Trinajstić information content (AvgIpc) is 2.76. The topological polar surface area (TPSA) is 0 Å². The summed E-state index contributed by atoms with van der Waals surface area (Å²) in [5, 5.41) is 0.659. The fourth-order valence-electron chi connectivity index (χ4n) is 3.76. The molecule has 1 heteroatoms. The highest BCUT2D eigenvalue weighted by Crippen LogP contribution is 2.35. The van der Waals surface area contributed by atoms with E-state index >= 15 is 0 Å². The third kappa shape index (κ3) is 22.6. The molecule has 1 rings (SSSR count). The summed E-state index contributed by atoms with van der Waals surface area (Å²) in [6.45, 7) is 23.4. The quantitative estimate of drug-likeness (QED) is 0.189. The molecule has 1 aliphatic carbocycles. The van der Waals surface area contributed by atoms with Crippen molar-refractivity contribution in [1.82, 2.24) is 0 Å². The molecule has 5 unspecified atom stereocenters. The van der Waals surface area contributed by atoms with Gasteiger partial charge in [0, 0.05) is 5.25 Å². The molecule has 0 radical (unpaired) electrons. The second-order valence-electron chi connectivity index (χ2n) is 8.76. The molecule has 1 aliphatic rings. The minimum absolute atomic E-state index is 0.659. The smallest absolute Gasteiger partial charge is 0.00426 e. The molecule has 0 heterocycles. The Hall–Kier alpha value is 0.0900. The van der Waals surface area contributed by atoms with Crippen molar-refractivity contribution in [3.05, 3.63) is 12.7 Å². The number of hydrogen-bond acceptors (Lipinski definition) is 1. The molecule has 0 aromatic rings. The maximum absolute atomic E-state index is 4.66. The fraction of sp³-hybridized carbons (Fsp3) is 0.929.